The molecule has 9 heteroatoms. The molecule has 0 bridgehead atoms. The molecule has 1 amide bonds. The molecule has 2 aliphatic heterocycles. The first-order valence-electron chi connectivity index (χ1n) is 8.47. The van der Waals surface area contributed by atoms with Crippen molar-refractivity contribution in [2.75, 3.05) is 19.6 Å². The van der Waals surface area contributed by atoms with Gasteiger partial charge in [-0.3, -0.25) is 19.1 Å². The second-order valence-electron chi connectivity index (χ2n) is 6.51. The zero-order valence-corrected chi connectivity index (χ0v) is 14.1. The van der Waals surface area contributed by atoms with E-state index in [9.17, 15) is 22.8 Å². The number of alkyl halides is 3. The van der Waals surface area contributed by atoms with E-state index in [1.807, 2.05) is 11.8 Å². The highest BCUT2D eigenvalue weighted by Crippen LogP contribution is 2.25. The van der Waals surface area contributed by atoms with Crippen molar-refractivity contribution in [2.45, 2.75) is 51.5 Å². The maximum atomic E-state index is 12.6. The zero-order chi connectivity index (χ0) is 18.2. The van der Waals surface area contributed by atoms with Crippen LogP contribution >= 0.6 is 0 Å². The van der Waals surface area contributed by atoms with Gasteiger partial charge in [0.2, 0.25) is 5.91 Å². The van der Waals surface area contributed by atoms with Crippen molar-refractivity contribution in [3.8, 4) is 0 Å². The lowest BCUT2D eigenvalue weighted by Gasteiger charge is -2.40. The van der Waals surface area contributed by atoms with Crippen molar-refractivity contribution in [1.29, 1.82) is 0 Å². The number of carbonyl (C=O) groups excluding carboxylic acids is 1. The van der Waals surface area contributed by atoms with Crippen LogP contribution in [-0.2, 0) is 24.3 Å². The number of fused-ring (bicyclic) bond motifs is 1. The average molecular weight is 358 g/mol. The molecular formula is C16H21F3N4O2. The summed E-state index contributed by atoms with van der Waals surface area (Å²) >= 11 is 0. The first-order chi connectivity index (χ1) is 11.8. The van der Waals surface area contributed by atoms with Crippen LogP contribution in [0.5, 0.6) is 0 Å². The van der Waals surface area contributed by atoms with Crippen LogP contribution in [0.1, 0.15) is 31.0 Å². The second kappa shape index (κ2) is 6.78. The Kier molecular flexibility index (Phi) is 4.86. The van der Waals surface area contributed by atoms with E-state index in [2.05, 4.69) is 4.98 Å². The lowest BCUT2D eigenvalue weighted by molar-refractivity contribution is -0.168. The van der Waals surface area contributed by atoms with Crippen molar-refractivity contribution in [3.63, 3.8) is 0 Å². The molecule has 138 valence electrons. The lowest BCUT2D eigenvalue weighted by Crippen LogP contribution is -2.55. The number of aryl methyl sites for hydroxylation is 1. The fraction of sp³-hybridized carbons (Fsp3) is 0.688. The minimum atomic E-state index is -4.39. The Bertz CT molecular complexity index is 716. The Hall–Kier alpha value is -1.90. The molecule has 0 N–H and O–H groups in total. The molecule has 3 rings (SSSR count). The van der Waals surface area contributed by atoms with Gasteiger partial charge in [0.25, 0.3) is 5.56 Å². The Labute approximate surface area is 143 Å². The van der Waals surface area contributed by atoms with Crippen LogP contribution in [0.4, 0.5) is 13.2 Å². The van der Waals surface area contributed by atoms with Gasteiger partial charge in [-0.1, -0.05) is 0 Å². The normalized spacial score (nSPS) is 22.2. The van der Waals surface area contributed by atoms with Gasteiger partial charge in [0, 0.05) is 31.7 Å². The van der Waals surface area contributed by atoms with Crippen LogP contribution in [0, 0.1) is 0 Å². The Balaban J connectivity index is 1.76. The summed E-state index contributed by atoms with van der Waals surface area (Å²) in [7, 11) is 0. The third kappa shape index (κ3) is 3.70. The van der Waals surface area contributed by atoms with E-state index in [-0.39, 0.29) is 12.1 Å². The van der Waals surface area contributed by atoms with Crippen molar-refractivity contribution >= 4 is 5.91 Å². The average Bonchev–Trinajstić information content (AvgIpc) is 2.56. The molecule has 0 unspecified atom stereocenters. The highest BCUT2D eigenvalue weighted by molar-refractivity contribution is 5.82. The van der Waals surface area contributed by atoms with Gasteiger partial charge in [0.1, 0.15) is 6.54 Å². The summed E-state index contributed by atoms with van der Waals surface area (Å²) < 4.78 is 39.5. The largest absolute Gasteiger partial charge is 0.406 e. The van der Waals surface area contributed by atoms with E-state index in [0.29, 0.717) is 50.2 Å². The van der Waals surface area contributed by atoms with Crippen LogP contribution in [0.3, 0.4) is 0 Å². The molecule has 0 aliphatic carbocycles. The third-order valence-corrected chi connectivity index (χ3v) is 4.88. The fourth-order valence-electron chi connectivity index (χ4n) is 3.60. The maximum Gasteiger partial charge on any atom is 0.406 e. The van der Waals surface area contributed by atoms with Gasteiger partial charge in [-0.15, -0.1) is 0 Å². The van der Waals surface area contributed by atoms with Crippen molar-refractivity contribution in [3.05, 3.63) is 27.9 Å². The summed E-state index contributed by atoms with van der Waals surface area (Å²) in [6.07, 6.45) is -1.36. The number of amides is 1. The monoisotopic (exact) mass is 358 g/mol. The molecule has 25 heavy (non-hydrogen) atoms. The predicted octanol–water partition coefficient (Wildman–Crippen LogP) is 1.17. The molecule has 6 nitrogen and oxygen atoms in total. The molecule has 2 aliphatic rings. The Morgan fingerprint density at radius 1 is 1.28 bits per heavy atom. The standard InChI is InChI=1S/C16H21F3N4O2/c1-2-21-10-20-12-8-22(7-5-11(12)14(21)24)13-4-3-6-23(15(13)25)9-16(17,18)19/h10,13H,2-9H2,1H3/t13-/m0/s1. The van der Waals surface area contributed by atoms with Gasteiger partial charge in [-0.05, 0) is 26.2 Å². The molecule has 1 aromatic heterocycles. The van der Waals surface area contributed by atoms with Crippen molar-refractivity contribution < 1.29 is 18.0 Å². The number of likely N-dealkylation sites (tertiary alicyclic amines) is 1. The molecule has 0 saturated carbocycles. The van der Waals surface area contributed by atoms with Gasteiger partial charge in [-0.25, -0.2) is 4.98 Å². The van der Waals surface area contributed by atoms with E-state index in [1.165, 1.54) is 10.9 Å². The quantitative estimate of drug-likeness (QED) is 0.814. The van der Waals surface area contributed by atoms with E-state index in [4.69, 9.17) is 0 Å². The highest BCUT2D eigenvalue weighted by Gasteiger charge is 2.40. The number of carbonyl (C=O) groups is 1. The van der Waals surface area contributed by atoms with Gasteiger partial charge in [-0.2, -0.15) is 13.2 Å². The van der Waals surface area contributed by atoms with E-state index < -0.39 is 24.7 Å². The zero-order valence-electron chi connectivity index (χ0n) is 14.1. The van der Waals surface area contributed by atoms with Crippen molar-refractivity contribution in [1.82, 2.24) is 19.4 Å². The van der Waals surface area contributed by atoms with Gasteiger partial charge >= 0.3 is 6.18 Å². The number of nitrogens with zero attached hydrogens (tertiary/aromatic N) is 4. The van der Waals surface area contributed by atoms with Crippen LogP contribution in [-0.4, -0.2) is 57.1 Å². The van der Waals surface area contributed by atoms with E-state index in [1.54, 1.807) is 0 Å². The minimum absolute atomic E-state index is 0.0687. The summed E-state index contributed by atoms with van der Waals surface area (Å²) in [4.78, 5) is 31.9. The van der Waals surface area contributed by atoms with Crippen LogP contribution in [0.15, 0.2) is 11.1 Å². The molecule has 1 fully saturated rings. The van der Waals surface area contributed by atoms with Gasteiger partial charge < -0.3 is 4.90 Å². The third-order valence-electron chi connectivity index (χ3n) is 4.88. The highest BCUT2D eigenvalue weighted by atomic mass is 19.4. The lowest BCUT2D eigenvalue weighted by atomic mass is 9.98. The van der Waals surface area contributed by atoms with Crippen LogP contribution in [0.25, 0.3) is 0 Å². The predicted molar refractivity (Wildman–Crippen MR) is 83.9 cm³/mol. The molecule has 1 saturated heterocycles. The number of rotatable bonds is 3. The van der Waals surface area contributed by atoms with Crippen LogP contribution in [0.2, 0.25) is 0 Å². The number of hydrogen-bond acceptors (Lipinski definition) is 4. The summed E-state index contributed by atoms with van der Waals surface area (Å²) in [5.74, 6) is -0.478. The SMILES string of the molecule is CCn1cnc2c(c1=O)CCN([C@H]1CCCN(CC(F)(F)F)C1=O)C2. The fourth-order valence-corrected chi connectivity index (χ4v) is 3.60. The second-order valence-corrected chi connectivity index (χ2v) is 6.51. The molecule has 1 atom stereocenters. The minimum Gasteiger partial charge on any atom is -0.332 e. The van der Waals surface area contributed by atoms with E-state index >= 15 is 0 Å². The number of halogens is 3. The summed E-state index contributed by atoms with van der Waals surface area (Å²) in [6.45, 7) is 2.14. The molecule has 0 spiro atoms. The van der Waals surface area contributed by atoms with Crippen LogP contribution < -0.4 is 5.56 Å². The number of hydrogen-bond donors (Lipinski definition) is 0. The number of piperidine rings is 1. The molecule has 1 aromatic rings. The summed E-state index contributed by atoms with van der Waals surface area (Å²) in [5, 5.41) is 0. The summed E-state index contributed by atoms with van der Waals surface area (Å²) in [5.41, 5.74) is 1.21. The van der Waals surface area contributed by atoms with Crippen molar-refractivity contribution in [2.24, 2.45) is 0 Å². The Morgan fingerprint density at radius 3 is 2.72 bits per heavy atom. The number of aromatic nitrogens is 2. The first kappa shape index (κ1) is 17.9. The summed E-state index contributed by atoms with van der Waals surface area (Å²) in [6, 6.07) is -0.570. The smallest absolute Gasteiger partial charge is 0.332 e. The molecule has 0 radical (unpaired) electrons. The molecular weight excluding hydrogens is 337 g/mol. The first-order valence-corrected chi connectivity index (χ1v) is 8.47. The van der Waals surface area contributed by atoms with Gasteiger partial charge in [0.15, 0.2) is 0 Å². The van der Waals surface area contributed by atoms with Gasteiger partial charge in [0.05, 0.1) is 18.1 Å². The Morgan fingerprint density at radius 2 is 2.04 bits per heavy atom. The maximum absolute atomic E-state index is 12.6. The topological polar surface area (TPSA) is 58.4 Å². The molecule has 0 aromatic carbocycles. The van der Waals surface area contributed by atoms with E-state index in [0.717, 1.165) is 4.90 Å². The molecule has 3 heterocycles.